The monoisotopic (exact) mass is 397 g/mol. The van der Waals surface area contributed by atoms with Crippen LogP contribution in [0.3, 0.4) is 0 Å². The first-order valence-corrected chi connectivity index (χ1v) is 11.1. The molecule has 0 radical (unpaired) electrons. The fourth-order valence-electron chi connectivity index (χ4n) is 6.42. The molecule has 1 N–H and O–H groups in total. The van der Waals surface area contributed by atoms with E-state index in [2.05, 4.69) is 73.2 Å². The van der Waals surface area contributed by atoms with Crippen LogP contribution in [0.25, 0.3) is 10.9 Å². The minimum atomic E-state index is 0.538. The van der Waals surface area contributed by atoms with Crippen LogP contribution >= 0.6 is 0 Å². The molecule has 3 aromatic rings. The number of benzene rings is 2. The number of H-pyrrole nitrogens is 1. The van der Waals surface area contributed by atoms with Gasteiger partial charge in [0.25, 0.3) is 0 Å². The van der Waals surface area contributed by atoms with Crippen LogP contribution in [-0.4, -0.2) is 35.6 Å². The van der Waals surface area contributed by atoms with Gasteiger partial charge in [0.05, 0.1) is 26.1 Å². The number of fused-ring (bicyclic) bond motifs is 3. The second kappa shape index (κ2) is 6.61. The van der Waals surface area contributed by atoms with Gasteiger partial charge < -0.3 is 14.2 Å². The molecule has 0 spiro atoms. The van der Waals surface area contributed by atoms with Crippen LogP contribution in [0.15, 0.2) is 72.8 Å². The summed E-state index contributed by atoms with van der Waals surface area (Å²) >= 11 is 0. The zero-order valence-electron chi connectivity index (χ0n) is 17.6. The summed E-state index contributed by atoms with van der Waals surface area (Å²) in [4.78, 5) is 3.83. The molecule has 0 amide bonds. The highest BCUT2D eigenvalue weighted by Gasteiger charge is 2.53. The number of rotatable bonds is 4. The standard InChI is InChI=1S/C27H29N2O/c1-3-20-13-19-14-24-26-22(11-12-29(2,16-19)27(20)24)23-15-21(9-10-25(23)28-26)30-17-18-7-5-4-6-8-18/h3-10,13,15,19,24,27-28H,1,11-12,14,16-17H2,2H3/q+1. The van der Waals surface area contributed by atoms with E-state index >= 15 is 0 Å². The Morgan fingerprint density at radius 2 is 2.07 bits per heavy atom. The van der Waals surface area contributed by atoms with Crippen molar-refractivity contribution in [3.8, 4) is 5.75 Å². The molecule has 4 aliphatic rings. The average Bonchev–Trinajstić information content (AvgIpc) is 3.10. The number of ether oxygens (including phenoxy) is 1. The third kappa shape index (κ3) is 2.69. The molecule has 3 aliphatic heterocycles. The lowest BCUT2D eigenvalue weighted by molar-refractivity contribution is -0.938. The molecule has 3 nitrogen and oxygen atoms in total. The van der Waals surface area contributed by atoms with Crippen molar-refractivity contribution in [3.05, 3.63) is 89.7 Å². The fourth-order valence-corrected chi connectivity index (χ4v) is 6.42. The molecule has 7 rings (SSSR count). The number of hydrogen-bond acceptors (Lipinski definition) is 1. The van der Waals surface area contributed by atoms with Gasteiger partial charge in [-0.2, -0.15) is 0 Å². The first kappa shape index (κ1) is 18.0. The highest BCUT2D eigenvalue weighted by atomic mass is 16.5. The number of hydrogen-bond donors (Lipinski definition) is 1. The molecule has 0 saturated carbocycles. The lowest BCUT2D eigenvalue weighted by Crippen LogP contribution is -2.62. The zero-order chi connectivity index (χ0) is 20.3. The minimum Gasteiger partial charge on any atom is -0.489 e. The van der Waals surface area contributed by atoms with Crippen molar-refractivity contribution in [2.45, 2.75) is 31.4 Å². The molecular weight excluding hydrogens is 368 g/mol. The maximum Gasteiger partial charge on any atom is 0.123 e. The maximum atomic E-state index is 6.14. The van der Waals surface area contributed by atoms with Gasteiger partial charge in [0.15, 0.2) is 0 Å². The Morgan fingerprint density at radius 1 is 1.20 bits per heavy atom. The topological polar surface area (TPSA) is 25.0 Å². The van der Waals surface area contributed by atoms with Crippen LogP contribution in [0.2, 0.25) is 0 Å². The molecule has 152 valence electrons. The Morgan fingerprint density at radius 3 is 2.90 bits per heavy atom. The van der Waals surface area contributed by atoms with E-state index in [0.717, 1.165) is 16.7 Å². The van der Waals surface area contributed by atoms with E-state index in [9.17, 15) is 0 Å². The largest absolute Gasteiger partial charge is 0.489 e. The summed E-state index contributed by atoms with van der Waals surface area (Å²) in [6, 6.07) is 17.5. The van der Waals surface area contributed by atoms with Crippen molar-refractivity contribution >= 4 is 10.9 Å². The van der Waals surface area contributed by atoms with E-state index in [1.807, 2.05) is 6.07 Å². The SMILES string of the molecule is C=CC1=CC2CC3c4[nH]c5ccc(OCc6ccccc6)cc5c4CC[N+](C)(C2)C13. The maximum absolute atomic E-state index is 6.14. The molecule has 30 heavy (non-hydrogen) atoms. The first-order chi connectivity index (χ1) is 14.6. The van der Waals surface area contributed by atoms with E-state index in [-0.39, 0.29) is 0 Å². The highest BCUT2D eigenvalue weighted by molar-refractivity contribution is 5.86. The number of aromatic amines is 1. The van der Waals surface area contributed by atoms with Crippen LogP contribution < -0.4 is 4.74 Å². The average molecular weight is 398 g/mol. The molecule has 1 aliphatic carbocycles. The Bertz CT molecular complexity index is 1160. The Kier molecular flexibility index (Phi) is 3.97. The molecular formula is C27H29N2O+. The van der Waals surface area contributed by atoms with Gasteiger partial charge in [-0.25, -0.2) is 0 Å². The van der Waals surface area contributed by atoms with Gasteiger partial charge in [-0.1, -0.05) is 49.1 Å². The first-order valence-electron chi connectivity index (χ1n) is 11.1. The van der Waals surface area contributed by atoms with E-state index < -0.39 is 0 Å². The fraction of sp³-hybridized carbons (Fsp3) is 0.333. The number of aromatic nitrogens is 1. The van der Waals surface area contributed by atoms with Gasteiger partial charge in [0, 0.05) is 34.5 Å². The van der Waals surface area contributed by atoms with Gasteiger partial charge >= 0.3 is 0 Å². The molecule has 4 unspecified atom stereocenters. The van der Waals surface area contributed by atoms with Crippen molar-refractivity contribution in [1.29, 1.82) is 0 Å². The van der Waals surface area contributed by atoms with Crippen molar-refractivity contribution in [1.82, 2.24) is 4.98 Å². The molecule has 1 fully saturated rings. The molecule has 4 atom stereocenters. The van der Waals surface area contributed by atoms with Gasteiger partial charge in [0.1, 0.15) is 18.4 Å². The molecule has 2 aromatic carbocycles. The lowest BCUT2D eigenvalue weighted by Gasteiger charge is -2.53. The number of nitrogens with zero attached hydrogens (tertiary/aromatic N) is 1. The zero-order valence-corrected chi connectivity index (χ0v) is 17.6. The minimum absolute atomic E-state index is 0.538. The van der Waals surface area contributed by atoms with E-state index in [1.165, 1.54) is 52.8 Å². The Hall–Kier alpha value is -2.78. The lowest BCUT2D eigenvalue weighted by atomic mass is 9.71. The number of piperidine rings is 1. The number of nitrogens with one attached hydrogen (secondary N) is 1. The molecule has 1 aromatic heterocycles. The van der Waals surface area contributed by atoms with E-state index in [4.69, 9.17) is 4.74 Å². The van der Waals surface area contributed by atoms with Gasteiger partial charge in [-0.3, -0.25) is 0 Å². The van der Waals surface area contributed by atoms with Crippen molar-refractivity contribution in [2.24, 2.45) is 5.92 Å². The second-order valence-electron chi connectivity index (χ2n) is 9.55. The Balaban J connectivity index is 1.38. The summed E-state index contributed by atoms with van der Waals surface area (Å²) in [5.74, 6) is 2.18. The normalized spacial score (nSPS) is 29.2. The predicted octanol–water partition coefficient (Wildman–Crippen LogP) is 5.35. The second-order valence-corrected chi connectivity index (χ2v) is 9.55. The summed E-state index contributed by atoms with van der Waals surface area (Å²) in [5, 5.41) is 1.34. The van der Waals surface area contributed by atoms with Crippen LogP contribution in [-0.2, 0) is 13.0 Å². The predicted molar refractivity (Wildman–Crippen MR) is 122 cm³/mol. The van der Waals surface area contributed by atoms with Crippen molar-refractivity contribution in [2.75, 3.05) is 20.1 Å². The number of likely N-dealkylation sites (N-methyl/N-ethyl adjacent to an activating group) is 1. The molecule has 3 heteroatoms. The summed E-state index contributed by atoms with van der Waals surface area (Å²) in [7, 11) is 2.46. The third-order valence-corrected chi connectivity index (χ3v) is 7.67. The Labute approximate surface area is 178 Å². The summed E-state index contributed by atoms with van der Waals surface area (Å²) in [6.07, 6.45) is 6.99. The van der Waals surface area contributed by atoms with E-state index in [1.54, 1.807) is 0 Å². The van der Waals surface area contributed by atoms with E-state index in [0.29, 0.717) is 24.5 Å². The van der Waals surface area contributed by atoms with Gasteiger partial charge in [-0.05, 0) is 35.7 Å². The van der Waals surface area contributed by atoms with Crippen LogP contribution in [0.1, 0.15) is 29.2 Å². The highest BCUT2D eigenvalue weighted by Crippen LogP contribution is 2.50. The van der Waals surface area contributed by atoms with Crippen LogP contribution in [0, 0.1) is 5.92 Å². The summed E-state index contributed by atoms with van der Waals surface area (Å²) in [6.45, 7) is 7.21. The third-order valence-electron chi connectivity index (χ3n) is 7.67. The summed E-state index contributed by atoms with van der Waals surface area (Å²) in [5.41, 5.74) is 6.88. The van der Waals surface area contributed by atoms with Gasteiger partial charge in [-0.15, -0.1) is 0 Å². The van der Waals surface area contributed by atoms with Crippen molar-refractivity contribution in [3.63, 3.8) is 0 Å². The molecule has 1 saturated heterocycles. The summed E-state index contributed by atoms with van der Waals surface area (Å²) < 4.78 is 7.30. The molecule has 4 bridgehead atoms. The van der Waals surface area contributed by atoms with Crippen LogP contribution in [0.5, 0.6) is 5.75 Å². The smallest absolute Gasteiger partial charge is 0.123 e. The van der Waals surface area contributed by atoms with Crippen LogP contribution in [0.4, 0.5) is 0 Å². The molecule has 4 heterocycles. The van der Waals surface area contributed by atoms with Crippen molar-refractivity contribution < 1.29 is 9.22 Å². The number of quaternary nitrogens is 1. The quantitative estimate of drug-likeness (QED) is 0.590. The van der Waals surface area contributed by atoms with Gasteiger partial charge in [0.2, 0.25) is 0 Å².